The molecule has 0 spiro atoms. The van der Waals surface area contributed by atoms with E-state index in [1.165, 1.54) is 83.7 Å². The first-order chi connectivity index (χ1) is 16.0. The van der Waals surface area contributed by atoms with Gasteiger partial charge in [0, 0.05) is 5.56 Å². The van der Waals surface area contributed by atoms with E-state index in [1.54, 1.807) is 6.07 Å². The monoisotopic (exact) mass is 490 g/mol. The smallest absolute Gasteiger partial charge is 0.301 e. The van der Waals surface area contributed by atoms with E-state index in [4.69, 9.17) is 9.47 Å². The first kappa shape index (κ1) is 24.5. The second-order valence-corrected chi connectivity index (χ2v) is 13.3. The van der Waals surface area contributed by atoms with E-state index >= 15 is 0 Å². The van der Waals surface area contributed by atoms with Crippen LogP contribution in [0.1, 0.15) is 64.2 Å². The lowest BCUT2D eigenvalue weighted by Crippen LogP contribution is -2.27. The van der Waals surface area contributed by atoms with Crippen LogP contribution in [0.15, 0.2) is 41.3 Å². The topological polar surface area (TPSA) is 72.8 Å². The van der Waals surface area contributed by atoms with Crippen LogP contribution in [0.5, 0.6) is 11.5 Å². The maximum atomic E-state index is 12.3. The van der Waals surface area contributed by atoms with Gasteiger partial charge in [-0.1, -0.05) is 70.7 Å². The van der Waals surface area contributed by atoms with Gasteiger partial charge in [0.05, 0.1) is 14.2 Å². The summed E-state index contributed by atoms with van der Waals surface area (Å²) in [5.74, 6) is 0.226. The summed E-state index contributed by atoms with van der Waals surface area (Å²) in [6.07, 6.45) is 13.0. The van der Waals surface area contributed by atoms with E-state index in [1.807, 2.05) is 12.1 Å². The second-order valence-electron chi connectivity index (χ2n) is 9.16. The van der Waals surface area contributed by atoms with Gasteiger partial charge in [-0.2, -0.15) is 8.42 Å². The first-order valence-corrected chi connectivity index (χ1v) is 15.0. The molecular weight excluding hydrogens is 455 g/mol. The standard InChI is InChI=1S/C26H35O5PS/c1-30-23-18-17-22(25(31-2)26(23)33(27,28)29)21-15-9-10-16-24(21)32(19-11-5-3-6-12-19)20-13-7-4-8-14-20/h9-10,15-20H,3-8,11-14H2,1-2H3,(H,27,28,29). The van der Waals surface area contributed by atoms with Crippen LogP contribution in [-0.4, -0.2) is 38.5 Å². The fourth-order valence-corrected chi connectivity index (χ4v) is 10.5. The highest BCUT2D eigenvalue weighted by Gasteiger charge is 2.35. The largest absolute Gasteiger partial charge is 0.495 e. The molecule has 0 unspecified atom stereocenters. The molecule has 4 rings (SSSR count). The molecule has 2 saturated carbocycles. The fourth-order valence-electron chi connectivity index (χ4n) is 5.70. The van der Waals surface area contributed by atoms with Crippen molar-refractivity contribution in [3.05, 3.63) is 36.4 Å². The number of rotatable bonds is 7. The van der Waals surface area contributed by atoms with Gasteiger partial charge in [-0.15, -0.1) is 0 Å². The van der Waals surface area contributed by atoms with Gasteiger partial charge in [-0.25, -0.2) is 0 Å². The van der Waals surface area contributed by atoms with Crippen molar-refractivity contribution in [3.63, 3.8) is 0 Å². The van der Waals surface area contributed by atoms with E-state index in [0.717, 1.165) is 5.56 Å². The number of ether oxygens (including phenoxy) is 2. The van der Waals surface area contributed by atoms with Crippen molar-refractivity contribution in [2.75, 3.05) is 14.2 Å². The summed E-state index contributed by atoms with van der Waals surface area (Å²) in [7, 11) is -2.10. The lowest BCUT2D eigenvalue weighted by molar-refractivity contribution is 0.368. The molecule has 2 aromatic rings. The van der Waals surface area contributed by atoms with Crippen LogP contribution >= 0.6 is 7.92 Å². The van der Waals surface area contributed by atoms with Crippen LogP contribution < -0.4 is 14.8 Å². The Morgan fingerprint density at radius 2 is 1.36 bits per heavy atom. The summed E-state index contributed by atoms with van der Waals surface area (Å²) in [4.78, 5) is -0.306. The number of hydrogen-bond acceptors (Lipinski definition) is 4. The Kier molecular flexibility index (Phi) is 7.99. The van der Waals surface area contributed by atoms with Crippen LogP contribution in [-0.2, 0) is 10.1 Å². The quantitative estimate of drug-likeness (QED) is 0.360. The van der Waals surface area contributed by atoms with E-state index in [2.05, 4.69) is 18.2 Å². The van der Waals surface area contributed by atoms with E-state index in [9.17, 15) is 13.0 Å². The van der Waals surface area contributed by atoms with Gasteiger partial charge in [-0.05, 0) is 60.0 Å². The zero-order valence-corrected chi connectivity index (χ0v) is 21.3. The van der Waals surface area contributed by atoms with Crippen molar-refractivity contribution >= 4 is 23.3 Å². The van der Waals surface area contributed by atoms with Crippen molar-refractivity contribution < 1.29 is 22.4 Å². The van der Waals surface area contributed by atoms with Crippen LogP contribution in [0.4, 0.5) is 0 Å². The Morgan fingerprint density at radius 3 is 1.88 bits per heavy atom. The fraction of sp³-hybridized carbons (Fsp3) is 0.538. The van der Waals surface area contributed by atoms with Crippen molar-refractivity contribution in [2.24, 2.45) is 0 Å². The van der Waals surface area contributed by atoms with E-state index in [0.29, 0.717) is 16.9 Å². The summed E-state index contributed by atoms with van der Waals surface area (Å²) in [5, 5.41) is 1.34. The van der Waals surface area contributed by atoms with Gasteiger partial charge < -0.3 is 9.47 Å². The van der Waals surface area contributed by atoms with Crippen LogP contribution in [0.2, 0.25) is 0 Å². The Morgan fingerprint density at radius 1 is 0.788 bits per heavy atom. The lowest BCUT2D eigenvalue weighted by atomic mass is 9.99. The third kappa shape index (κ3) is 5.23. The molecule has 0 heterocycles. The van der Waals surface area contributed by atoms with Gasteiger partial charge >= 0.3 is 10.1 Å². The number of hydrogen-bond donors (Lipinski definition) is 1. The van der Waals surface area contributed by atoms with Gasteiger partial charge in [0.1, 0.15) is 5.75 Å². The highest BCUT2D eigenvalue weighted by molar-refractivity contribution is 7.86. The van der Waals surface area contributed by atoms with Gasteiger partial charge in [0.15, 0.2) is 10.6 Å². The normalized spacial score (nSPS) is 18.4. The molecule has 5 nitrogen and oxygen atoms in total. The maximum Gasteiger partial charge on any atom is 0.301 e. The zero-order valence-electron chi connectivity index (χ0n) is 19.6. The Hall–Kier alpha value is -1.62. The molecule has 2 aliphatic carbocycles. The summed E-state index contributed by atoms with van der Waals surface area (Å²) >= 11 is 0. The molecule has 0 aliphatic heterocycles. The molecule has 0 aromatic heterocycles. The molecule has 7 heteroatoms. The summed E-state index contributed by atoms with van der Waals surface area (Å²) in [5.41, 5.74) is 3.14. The van der Waals surface area contributed by atoms with Crippen molar-refractivity contribution in [1.29, 1.82) is 0 Å². The molecule has 2 aliphatic rings. The Balaban J connectivity index is 1.89. The van der Waals surface area contributed by atoms with Crippen LogP contribution in [0, 0.1) is 0 Å². The number of benzene rings is 2. The minimum Gasteiger partial charge on any atom is -0.495 e. The highest BCUT2D eigenvalue weighted by Crippen LogP contribution is 2.56. The van der Waals surface area contributed by atoms with E-state index < -0.39 is 18.0 Å². The third-order valence-corrected chi connectivity index (χ3v) is 11.6. The molecule has 0 saturated heterocycles. The average Bonchev–Trinajstić information content (AvgIpc) is 2.84. The van der Waals surface area contributed by atoms with Crippen molar-refractivity contribution in [3.8, 4) is 22.6 Å². The SMILES string of the molecule is COc1ccc(-c2ccccc2P(C2CCCCC2)C2CCCCC2)c(OC)c1S(=O)(=O)O. The van der Waals surface area contributed by atoms with Gasteiger partial charge in [-0.3, -0.25) is 4.55 Å². The average molecular weight is 491 g/mol. The second kappa shape index (κ2) is 10.8. The Bertz CT molecular complexity index is 1040. The van der Waals surface area contributed by atoms with E-state index in [-0.39, 0.29) is 16.4 Å². The highest BCUT2D eigenvalue weighted by atomic mass is 32.2. The predicted octanol–water partition coefficient (Wildman–Crippen LogP) is 6.39. The van der Waals surface area contributed by atoms with Gasteiger partial charge in [0.2, 0.25) is 0 Å². The molecule has 180 valence electrons. The summed E-state index contributed by atoms with van der Waals surface area (Å²) < 4.78 is 45.4. The first-order valence-electron chi connectivity index (χ1n) is 12.1. The zero-order chi connectivity index (χ0) is 23.4. The molecule has 2 aromatic carbocycles. The maximum absolute atomic E-state index is 12.3. The Labute approximate surface area is 199 Å². The van der Waals surface area contributed by atoms with Gasteiger partial charge in [0.25, 0.3) is 0 Å². The minimum absolute atomic E-state index is 0.0809. The molecule has 0 bridgehead atoms. The lowest BCUT2D eigenvalue weighted by Gasteiger charge is -2.39. The molecular formula is C26H35O5PS. The molecule has 2 fully saturated rings. The van der Waals surface area contributed by atoms with Crippen molar-refractivity contribution in [1.82, 2.24) is 0 Å². The van der Waals surface area contributed by atoms with Crippen LogP contribution in [0.3, 0.4) is 0 Å². The third-order valence-electron chi connectivity index (χ3n) is 7.17. The molecule has 0 amide bonds. The summed E-state index contributed by atoms with van der Waals surface area (Å²) in [6, 6.07) is 11.9. The molecule has 0 radical (unpaired) electrons. The molecule has 0 atom stereocenters. The molecule has 1 N–H and O–H groups in total. The molecule has 33 heavy (non-hydrogen) atoms. The minimum atomic E-state index is -4.54. The number of methoxy groups -OCH3 is 2. The van der Waals surface area contributed by atoms with Crippen LogP contribution in [0.25, 0.3) is 11.1 Å². The van der Waals surface area contributed by atoms with Crippen molar-refractivity contribution in [2.45, 2.75) is 80.4 Å². The summed E-state index contributed by atoms with van der Waals surface area (Å²) in [6.45, 7) is 0. The predicted molar refractivity (Wildman–Crippen MR) is 135 cm³/mol.